The predicted molar refractivity (Wildman–Crippen MR) is 44.8 cm³/mol. The normalized spacial score (nSPS) is 14.1. The molecule has 0 aliphatic carbocycles. The van der Waals surface area contributed by atoms with Crippen LogP contribution >= 0.6 is 0 Å². The first-order valence-corrected chi connectivity index (χ1v) is 3.81. The Morgan fingerprint density at radius 2 is 2.00 bits per heavy atom. The molecule has 0 aromatic rings. The maximum absolute atomic E-state index is 5.58. The number of nitrogens with zero attached hydrogens (tertiary/aromatic N) is 1. The highest BCUT2D eigenvalue weighted by Gasteiger charge is 1.97. The monoisotopic (exact) mass is 145 g/mol. The first-order chi connectivity index (χ1) is 4.66. The first kappa shape index (κ1) is 9.88. The van der Waals surface area contributed by atoms with E-state index in [1.807, 2.05) is 6.92 Å². The van der Waals surface area contributed by atoms with Crippen LogP contribution in [0.4, 0.5) is 0 Å². The maximum Gasteiger partial charge on any atom is 0.0102 e. The van der Waals surface area contributed by atoms with Gasteiger partial charge in [-0.3, -0.25) is 0 Å². The molecule has 3 nitrogen and oxygen atoms in total. The van der Waals surface area contributed by atoms with E-state index in [4.69, 9.17) is 11.5 Å². The maximum atomic E-state index is 5.58. The lowest BCUT2D eigenvalue weighted by molar-refractivity contribution is 0.329. The van der Waals surface area contributed by atoms with Crippen molar-refractivity contribution in [1.29, 1.82) is 0 Å². The second kappa shape index (κ2) is 5.65. The van der Waals surface area contributed by atoms with Crippen LogP contribution in [0.2, 0.25) is 0 Å². The van der Waals surface area contributed by atoms with Crippen LogP contribution in [0.15, 0.2) is 0 Å². The SMILES string of the molecule is CC(N)CCN(C)CCN. The molecule has 0 saturated carbocycles. The third kappa shape index (κ3) is 6.01. The molecule has 0 bridgehead atoms. The lowest BCUT2D eigenvalue weighted by Gasteiger charge is -2.15. The molecule has 0 amide bonds. The van der Waals surface area contributed by atoms with E-state index in [0.717, 1.165) is 26.1 Å². The third-order valence-electron chi connectivity index (χ3n) is 1.48. The van der Waals surface area contributed by atoms with Gasteiger partial charge in [-0.05, 0) is 26.9 Å². The minimum atomic E-state index is 0.306. The highest BCUT2D eigenvalue weighted by molar-refractivity contribution is 4.57. The molecule has 0 fully saturated rings. The molecule has 0 rings (SSSR count). The number of hydrogen-bond donors (Lipinski definition) is 2. The summed E-state index contributed by atoms with van der Waals surface area (Å²) in [7, 11) is 2.06. The quantitative estimate of drug-likeness (QED) is 0.554. The van der Waals surface area contributed by atoms with Gasteiger partial charge >= 0.3 is 0 Å². The van der Waals surface area contributed by atoms with E-state index in [1.54, 1.807) is 0 Å². The summed E-state index contributed by atoms with van der Waals surface area (Å²) in [5.41, 5.74) is 10.9. The van der Waals surface area contributed by atoms with Crippen molar-refractivity contribution in [1.82, 2.24) is 4.90 Å². The second-order valence-electron chi connectivity index (χ2n) is 2.86. The van der Waals surface area contributed by atoms with Crippen LogP contribution in [-0.4, -0.2) is 37.6 Å². The summed E-state index contributed by atoms with van der Waals surface area (Å²) in [5, 5.41) is 0. The first-order valence-electron chi connectivity index (χ1n) is 3.81. The van der Waals surface area contributed by atoms with E-state index in [0.29, 0.717) is 6.04 Å². The third-order valence-corrected chi connectivity index (χ3v) is 1.48. The minimum absolute atomic E-state index is 0.306. The lowest BCUT2D eigenvalue weighted by atomic mass is 10.2. The summed E-state index contributed by atoms with van der Waals surface area (Å²) in [6, 6.07) is 0.306. The van der Waals surface area contributed by atoms with Crippen molar-refractivity contribution in [2.24, 2.45) is 11.5 Å². The van der Waals surface area contributed by atoms with E-state index in [9.17, 15) is 0 Å². The van der Waals surface area contributed by atoms with E-state index in [-0.39, 0.29) is 0 Å². The molecular formula is C7H19N3. The van der Waals surface area contributed by atoms with Crippen LogP contribution < -0.4 is 11.5 Å². The van der Waals surface area contributed by atoms with Gasteiger partial charge in [0.15, 0.2) is 0 Å². The van der Waals surface area contributed by atoms with Gasteiger partial charge < -0.3 is 16.4 Å². The molecule has 0 saturated heterocycles. The van der Waals surface area contributed by atoms with Crippen LogP contribution in [0.5, 0.6) is 0 Å². The van der Waals surface area contributed by atoms with Crippen LogP contribution in [0, 0.1) is 0 Å². The highest BCUT2D eigenvalue weighted by Crippen LogP contribution is 1.89. The Bertz CT molecular complexity index is 73.3. The van der Waals surface area contributed by atoms with Gasteiger partial charge in [0, 0.05) is 19.1 Å². The molecule has 0 aromatic heterocycles. The van der Waals surface area contributed by atoms with Crippen molar-refractivity contribution in [3.63, 3.8) is 0 Å². The van der Waals surface area contributed by atoms with Gasteiger partial charge in [-0.1, -0.05) is 0 Å². The molecule has 3 heteroatoms. The van der Waals surface area contributed by atoms with Gasteiger partial charge in [0.05, 0.1) is 0 Å². The molecule has 0 aromatic carbocycles. The average Bonchev–Trinajstić information content (AvgIpc) is 1.85. The Balaban J connectivity index is 3.12. The Kier molecular flexibility index (Phi) is 5.58. The van der Waals surface area contributed by atoms with E-state index in [1.165, 1.54) is 0 Å². The summed E-state index contributed by atoms with van der Waals surface area (Å²) < 4.78 is 0. The van der Waals surface area contributed by atoms with Crippen molar-refractivity contribution in [3.05, 3.63) is 0 Å². The molecule has 1 unspecified atom stereocenters. The van der Waals surface area contributed by atoms with Crippen molar-refractivity contribution in [2.45, 2.75) is 19.4 Å². The zero-order valence-electron chi connectivity index (χ0n) is 7.01. The lowest BCUT2D eigenvalue weighted by Crippen LogP contribution is -2.30. The van der Waals surface area contributed by atoms with Gasteiger partial charge in [0.1, 0.15) is 0 Å². The van der Waals surface area contributed by atoms with Crippen LogP contribution in [0.1, 0.15) is 13.3 Å². The van der Waals surface area contributed by atoms with Crippen molar-refractivity contribution in [2.75, 3.05) is 26.7 Å². The molecule has 10 heavy (non-hydrogen) atoms. The van der Waals surface area contributed by atoms with Gasteiger partial charge in [-0.15, -0.1) is 0 Å². The van der Waals surface area contributed by atoms with Gasteiger partial charge in [0.25, 0.3) is 0 Å². The summed E-state index contributed by atoms with van der Waals surface area (Å²) in [4.78, 5) is 2.20. The number of hydrogen-bond acceptors (Lipinski definition) is 3. The molecular weight excluding hydrogens is 126 g/mol. The Morgan fingerprint density at radius 3 is 2.40 bits per heavy atom. The number of likely N-dealkylation sites (N-methyl/N-ethyl adjacent to an activating group) is 1. The highest BCUT2D eigenvalue weighted by atomic mass is 15.1. The fourth-order valence-electron chi connectivity index (χ4n) is 0.756. The predicted octanol–water partition coefficient (Wildman–Crippen LogP) is -0.386. The van der Waals surface area contributed by atoms with E-state index < -0.39 is 0 Å². The minimum Gasteiger partial charge on any atom is -0.329 e. The van der Waals surface area contributed by atoms with Crippen LogP contribution in [-0.2, 0) is 0 Å². The molecule has 0 aliphatic rings. The van der Waals surface area contributed by atoms with Crippen molar-refractivity contribution < 1.29 is 0 Å². The van der Waals surface area contributed by atoms with Crippen LogP contribution in [0.3, 0.4) is 0 Å². The van der Waals surface area contributed by atoms with Crippen LogP contribution in [0.25, 0.3) is 0 Å². The van der Waals surface area contributed by atoms with Gasteiger partial charge in [0.2, 0.25) is 0 Å². The summed E-state index contributed by atoms with van der Waals surface area (Å²) in [5.74, 6) is 0. The van der Waals surface area contributed by atoms with Gasteiger partial charge in [-0.2, -0.15) is 0 Å². The molecule has 62 valence electrons. The summed E-state index contributed by atoms with van der Waals surface area (Å²) >= 11 is 0. The van der Waals surface area contributed by atoms with Crippen molar-refractivity contribution in [3.8, 4) is 0 Å². The Morgan fingerprint density at radius 1 is 1.40 bits per heavy atom. The average molecular weight is 145 g/mol. The zero-order valence-corrected chi connectivity index (χ0v) is 7.01. The Hall–Kier alpha value is -0.120. The number of rotatable bonds is 5. The fourth-order valence-corrected chi connectivity index (χ4v) is 0.756. The molecule has 0 spiro atoms. The number of nitrogens with two attached hydrogens (primary N) is 2. The zero-order chi connectivity index (χ0) is 7.98. The molecule has 0 radical (unpaired) electrons. The van der Waals surface area contributed by atoms with Crippen molar-refractivity contribution >= 4 is 0 Å². The van der Waals surface area contributed by atoms with E-state index >= 15 is 0 Å². The molecule has 0 heterocycles. The molecule has 4 N–H and O–H groups in total. The molecule has 0 aliphatic heterocycles. The standard InChI is InChI=1S/C7H19N3/c1-7(9)3-5-10(2)6-4-8/h7H,3-6,8-9H2,1-2H3. The molecule has 1 atom stereocenters. The summed E-state index contributed by atoms with van der Waals surface area (Å²) in [6.45, 7) is 4.77. The Labute approximate surface area is 63.4 Å². The largest absolute Gasteiger partial charge is 0.329 e. The fraction of sp³-hybridized carbons (Fsp3) is 1.00. The summed E-state index contributed by atoms with van der Waals surface area (Å²) in [6.07, 6.45) is 1.05. The topological polar surface area (TPSA) is 55.3 Å². The smallest absolute Gasteiger partial charge is 0.0102 e. The van der Waals surface area contributed by atoms with E-state index in [2.05, 4.69) is 11.9 Å². The van der Waals surface area contributed by atoms with Gasteiger partial charge in [-0.25, -0.2) is 0 Å². The second-order valence-corrected chi connectivity index (χ2v) is 2.86.